The van der Waals surface area contributed by atoms with Gasteiger partial charge in [-0.1, -0.05) is 35.9 Å². The van der Waals surface area contributed by atoms with Crippen LogP contribution in [0.15, 0.2) is 42.5 Å². The van der Waals surface area contributed by atoms with E-state index in [0.29, 0.717) is 0 Å². The highest BCUT2D eigenvalue weighted by Gasteiger charge is 2.00. The van der Waals surface area contributed by atoms with E-state index in [-0.39, 0.29) is 5.82 Å². The van der Waals surface area contributed by atoms with Crippen molar-refractivity contribution in [3.05, 3.63) is 70.0 Å². The summed E-state index contributed by atoms with van der Waals surface area (Å²) in [4.78, 5) is 0. The monoisotopic (exact) mass is 277 g/mol. The van der Waals surface area contributed by atoms with Crippen LogP contribution in [0, 0.1) is 12.7 Å². The van der Waals surface area contributed by atoms with Crippen LogP contribution in [-0.2, 0) is 13.0 Å². The lowest BCUT2D eigenvalue weighted by atomic mass is 10.1. The van der Waals surface area contributed by atoms with Crippen LogP contribution in [0.4, 0.5) is 4.39 Å². The molecule has 100 valence electrons. The Balaban J connectivity index is 1.79. The first-order chi connectivity index (χ1) is 9.15. The summed E-state index contributed by atoms with van der Waals surface area (Å²) in [6, 6.07) is 12.7. The van der Waals surface area contributed by atoms with Crippen molar-refractivity contribution in [2.24, 2.45) is 0 Å². The number of hydrogen-bond acceptors (Lipinski definition) is 1. The van der Waals surface area contributed by atoms with E-state index in [1.165, 1.54) is 17.7 Å². The van der Waals surface area contributed by atoms with Gasteiger partial charge in [0.05, 0.1) is 0 Å². The molecule has 0 atom stereocenters. The molecule has 3 heteroatoms. The molecule has 0 bridgehead atoms. The topological polar surface area (TPSA) is 12.0 Å². The molecule has 0 radical (unpaired) electrons. The summed E-state index contributed by atoms with van der Waals surface area (Å²) < 4.78 is 12.7. The Morgan fingerprint density at radius 3 is 2.53 bits per heavy atom. The highest BCUT2D eigenvalue weighted by molar-refractivity contribution is 6.31. The van der Waals surface area contributed by atoms with Gasteiger partial charge in [-0.2, -0.15) is 0 Å². The van der Waals surface area contributed by atoms with Crippen LogP contribution in [0.3, 0.4) is 0 Å². The van der Waals surface area contributed by atoms with Crippen molar-refractivity contribution in [2.75, 3.05) is 6.54 Å². The molecular weight excluding hydrogens is 261 g/mol. The van der Waals surface area contributed by atoms with E-state index in [2.05, 4.69) is 11.4 Å². The quantitative estimate of drug-likeness (QED) is 0.811. The fourth-order valence-corrected chi connectivity index (χ4v) is 2.20. The Morgan fingerprint density at radius 2 is 1.84 bits per heavy atom. The van der Waals surface area contributed by atoms with Gasteiger partial charge >= 0.3 is 0 Å². The summed E-state index contributed by atoms with van der Waals surface area (Å²) in [6.07, 6.45) is 0.879. The van der Waals surface area contributed by atoms with E-state index in [9.17, 15) is 4.39 Å². The average molecular weight is 278 g/mol. The second kappa shape index (κ2) is 6.69. The minimum absolute atomic E-state index is 0.192. The van der Waals surface area contributed by atoms with E-state index in [1.54, 1.807) is 0 Å². The van der Waals surface area contributed by atoms with Crippen LogP contribution in [-0.4, -0.2) is 6.54 Å². The second-order valence-corrected chi connectivity index (χ2v) is 5.06. The average Bonchev–Trinajstić information content (AvgIpc) is 2.39. The van der Waals surface area contributed by atoms with E-state index >= 15 is 0 Å². The largest absolute Gasteiger partial charge is 0.312 e. The molecule has 19 heavy (non-hydrogen) atoms. The first-order valence-corrected chi connectivity index (χ1v) is 6.73. The fraction of sp³-hybridized carbons (Fsp3) is 0.250. The first-order valence-electron chi connectivity index (χ1n) is 6.35. The van der Waals surface area contributed by atoms with Gasteiger partial charge in [-0.05, 0) is 54.8 Å². The molecule has 1 nitrogen and oxygen atoms in total. The third-order valence-electron chi connectivity index (χ3n) is 3.03. The maximum Gasteiger partial charge on any atom is 0.123 e. The van der Waals surface area contributed by atoms with Crippen LogP contribution < -0.4 is 5.32 Å². The van der Waals surface area contributed by atoms with Crippen molar-refractivity contribution < 1.29 is 4.39 Å². The van der Waals surface area contributed by atoms with Crippen LogP contribution >= 0.6 is 11.6 Å². The van der Waals surface area contributed by atoms with Gasteiger partial charge in [0.2, 0.25) is 0 Å². The second-order valence-electron chi connectivity index (χ2n) is 4.65. The summed E-state index contributed by atoms with van der Waals surface area (Å²) in [6.45, 7) is 3.62. The molecule has 0 amide bonds. The Kier molecular flexibility index (Phi) is 4.94. The summed E-state index contributed by atoms with van der Waals surface area (Å²) in [5.74, 6) is -0.192. The molecule has 0 fully saturated rings. The zero-order valence-corrected chi connectivity index (χ0v) is 11.7. The SMILES string of the molecule is Cc1ccc(CNCCc2ccc(F)cc2)c(Cl)c1. The standard InChI is InChI=1S/C16H17ClFN/c1-12-2-5-14(16(17)10-12)11-19-9-8-13-3-6-15(18)7-4-13/h2-7,10,19H,8-9,11H2,1H3. The molecule has 2 aromatic carbocycles. The number of nitrogens with one attached hydrogen (secondary N) is 1. The Bertz CT molecular complexity index is 537. The lowest BCUT2D eigenvalue weighted by Crippen LogP contribution is -2.16. The number of benzene rings is 2. The van der Waals surface area contributed by atoms with Crippen molar-refractivity contribution in [1.29, 1.82) is 0 Å². The Morgan fingerprint density at radius 1 is 1.11 bits per heavy atom. The van der Waals surface area contributed by atoms with Crippen LogP contribution in [0.2, 0.25) is 5.02 Å². The molecule has 0 saturated heterocycles. The molecule has 0 aliphatic rings. The Labute approximate surface area is 118 Å². The third kappa shape index (κ3) is 4.34. The van der Waals surface area contributed by atoms with E-state index in [1.807, 2.05) is 31.2 Å². The maximum absolute atomic E-state index is 12.7. The summed E-state index contributed by atoms with van der Waals surface area (Å²) in [7, 11) is 0. The number of hydrogen-bond donors (Lipinski definition) is 1. The molecular formula is C16H17ClFN. The smallest absolute Gasteiger partial charge is 0.123 e. The predicted octanol–water partition coefficient (Wildman–Crippen LogP) is 4.12. The first kappa shape index (κ1) is 14.0. The molecule has 0 aliphatic heterocycles. The van der Waals surface area contributed by atoms with E-state index in [0.717, 1.165) is 35.7 Å². The predicted molar refractivity (Wildman–Crippen MR) is 78.0 cm³/mol. The van der Waals surface area contributed by atoms with Crippen molar-refractivity contribution in [1.82, 2.24) is 5.32 Å². The lowest BCUT2D eigenvalue weighted by Gasteiger charge is -2.07. The van der Waals surface area contributed by atoms with Crippen LogP contribution in [0.25, 0.3) is 0 Å². The lowest BCUT2D eigenvalue weighted by molar-refractivity contribution is 0.626. The third-order valence-corrected chi connectivity index (χ3v) is 3.38. The van der Waals surface area contributed by atoms with Crippen molar-refractivity contribution in [3.8, 4) is 0 Å². The fourth-order valence-electron chi connectivity index (χ4n) is 1.90. The molecule has 0 aliphatic carbocycles. The van der Waals surface area contributed by atoms with E-state index < -0.39 is 0 Å². The van der Waals surface area contributed by atoms with Gasteiger partial charge in [0.15, 0.2) is 0 Å². The molecule has 0 aromatic heterocycles. The maximum atomic E-state index is 12.7. The molecule has 0 saturated carbocycles. The number of aryl methyl sites for hydroxylation is 1. The van der Waals surface area contributed by atoms with Crippen molar-refractivity contribution in [2.45, 2.75) is 19.9 Å². The molecule has 0 spiro atoms. The minimum Gasteiger partial charge on any atom is -0.312 e. The van der Waals surface area contributed by atoms with Gasteiger partial charge in [-0.3, -0.25) is 0 Å². The van der Waals surface area contributed by atoms with Crippen molar-refractivity contribution >= 4 is 11.6 Å². The Hall–Kier alpha value is -1.38. The molecule has 2 aromatic rings. The van der Waals surface area contributed by atoms with Gasteiger partial charge in [-0.25, -0.2) is 4.39 Å². The van der Waals surface area contributed by atoms with Crippen molar-refractivity contribution in [3.63, 3.8) is 0 Å². The molecule has 0 heterocycles. The van der Waals surface area contributed by atoms with Gasteiger partial charge in [0, 0.05) is 11.6 Å². The zero-order chi connectivity index (χ0) is 13.7. The van der Waals surface area contributed by atoms with Crippen LogP contribution in [0.1, 0.15) is 16.7 Å². The highest BCUT2D eigenvalue weighted by atomic mass is 35.5. The number of halogens is 2. The highest BCUT2D eigenvalue weighted by Crippen LogP contribution is 2.17. The summed E-state index contributed by atoms with van der Waals surface area (Å²) in [5.41, 5.74) is 3.40. The number of rotatable bonds is 5. The van der Waals surface area contributed by atoms with Gasteiger partial charge in [-0.15, -0.1) is 0 Å². The molecule has 1 N–H and O–H groups in total. The van der Waals surface area contributed by atoms with E-state index in [4.69, 9.17) is 11.6 Å². The van der Waals surface area contributed by atoms with Gasteiger partial charge in [0.1, 0.15) is 5.82 Å². The van der Waals surface area contributed by atoms with Gasteiger partial charge < -0.3 is 5.32 Å². The zero-order valence-electron chi connectivity index (χ0n) is 10.9. The van der Waals surface area contributed by atoms with Crippen LogP contribution in [0.5, 0.6) is 0 Å². The summed E-state index contributed by atoms with van der Waals surface area (Å²) >= 11 is 6.16. The molecule has 0 unspecified atom stereocenters. The minimum atomic E-state index is -0.192. The van der Waals surface area contributed by atoms with Gasteiger partial charge in [0.25, 0.3) is 0 Å². The molecule has 2 rings (SSSR count). The summed E-state index contributed by atoms with van der Waals surface area (Å²) in [5, 5.41) is 4.15. The normalized spacial score (nSPS) is 10.7.